The van der Waals surface area contributed by atoms with Crippen LogP contribution in [0.1, 0.15) is 5.56 Å². The second kappa shape index (κ2) is 11.4. The summed E-state index contributed by atoms with van der Waals surface area (Å²) in [5.74, 6) is 0.351. The third-order valence-electron chi connectivity index (χ3n) is 5.12. The fourth-order valence-electron chi connectivity index (χ4n) is 3.34. The van der Waals surface area contributed by atoms with Gasteiger partial charge in [-0.1, -0.05) is 60.1 Å². The first-order valence-corrected chi connectivity index (χ1v) is 13.6. The Morgan fingerprint density at radius 1 is 0.800 bits per heavy atom. The molecule has 8 heteroatoms. The van der Waals surface area contributed by atoms with Crippen molar-refractivity contribution in [3.05, 3.63) is 120 Å². The zero-order valence-corrected chi connectivity index (χ0v) is 21.1. The summed E-state index contributed by atoms with van der Waals surface area (Å²) in [6.45, 7) is -0.384. The number of nitrogens with zero attached hydrogens (tertiary/aromatic N) is 1. The highest BCUT2D eigenvalue weighted by molar-refractivity contribution is 7.98. The van der Waals surface area contributed by atoms with E-state index < -0.39 is 15.9 Å². The molecule has 0 aliphatic rings. The molecule has 0 radical (unpaired) electrons. The Labute approximate surface area is 214 Å². The fourth-order valence-corrected chi connectivity index (χ4v) is 5.78. The summed E-state index contributed by atoms with van der Waals surface area (Å²) in [4.78, 5) is 14.2. The van der Waals surface area contributed by atoms with Crippen LogP contribution in [0.15, 0.2) is 119 Å². The number of anilines is 2. The van der Waals surface area contributed by atoms with Crippen molar-refractivity contribution in [2.75, 3.05) is 16.2 Å². The van der Waals surface area contributed by atoms with Crippen molar-refractivity contribution in [1.82, 2.24) is 0 Å². The van der Waals surface area contributed by atoms with E-state index in [1.165, 1.54) is 17.0 Å². The van der Waals surface area contributed by atoms with Crippen molar-refractivity contribution < 1.29 is 13.2 Å². The van der Waals surface area contributed by atoms with Crippen molar-refractivity contribution in [2.45, 2.75) is 15.5 Å². The van der Waals surface area contributed by atoms with Gasteiger partial charge in [0, 0.05) is 21.4 Å². The molecule has 1 amide bonds. The zero-order valence-electron chi connectivity index (χ0n) is 18.7. The molecule has 0 heterocycles. The van der Waals surface area contributed by atoms with Crippen molar-refractivity contribution in [2.24, 2.45) is 0 Å². The van der Waals surface area contributed by atoms with Gasteiger partial charge in [-0.15, -0.1) is 11.8 Å². The smallest absolute Gasteiger partial charge is 0.264 e. The highest BCUT2D eigenvalue weighted by atomic mass is 35.5. The molecule has 0 bridgehead atoms. The third kappa shape index (κ3) is 6.66. The molecule has 1 N–H and O–H groups in total. The lowest BCUT2D eigenvalue weighted by Gasteiger charge is -2.24. The minimum absolute atomic E-state index is 0.100. The normalized spacial score (nSPS) is 11.1. The molecule has 4 aromatic rings. The molecule has 5 nitrogen and oxygen atoms in total. The Morgan fingerprint density at radius 3 is 2.03 bits per heavy atom. The quantitative estimate of drug-likeness (QED) is 0.256. The first kappa shape index (κ1) is 24.9. The highest BCUT2D eigenvalue weighted by Gasteiger charge is 2.27. The molecule has 0 saturated carbocycles. The Morgan fingerprint density at radius 2 is 1.40 bits per heavy atom. The molecular formula is C27H23ClN2O3S2. The van der Waals surface area contributed by atoms with E-state index in [4.69, 9.17) is 11.6 Å². The van der Waals surface area contributed by atoms with Gasteiger partial charge in [-0.2, -0.15) is 0 Å². The molecule has 0 aliphatic carbocycles. The van der Waals surface area contributed by atoms with Gasteiger partial charge in [-0.05, 0) is 66.2 Å². The summed E-state index contributed by atoms with van der Waals surface area (Å²) in [7, 11) is -3.97. The van der Waals surface area contributed by atoms with Crippen LogP contribution >= 0.6 is 23.4 Å². The number of hydrogen-bond donors (Lipinski definition) is 1. The number of hydrogen-bond acceptors (Lipinski definition) is 4. The number of halogens is 1. The summed E-state index contributed by atoms with van der Waals surface area (Å²) < 4.78 is 27.8. The van der Waals surface area contributed by atoms with Gasteiger partial charge in [-0.25, -0.2) is 8.42 Å². The molecule has 0 saturated heterocycles. The maximum Gasteiger partial charge on any atom is 0.264 e. The van der Waals surface area contributed by atoms with Crippen LogP contribution in [0.4, 0.5) is 11.4 Å². The summed E-state index contributed by atoms with van der Waals surface area (Å²) >= 11 is 7.71. The second-order valence-electron chi connectivity index (χ2n) is 7.65. The maximum atomic E-state index is 13.3. The highest BCUT2D eigenvalue weighted by Crippen LogP contribution is 2.26. The Hall–Kier alpha value is -3.26. The Bertz CT molecular complexity index is 1360. The predicted octanol–water partition coefficient (Wildman–Crippen LogP) is 6.47. The minimum Gasteiger partial charge on any atom is -0.325 e. The second-order valence-corrected chi connectivity index (χ2v) is 11.0. The Kier molecular flexibility index (Phi) is 8.13. The number of rotatable bonds is 9. The number of carbonyl (C=O) groups is 1. The monoisotopic (exact) mass is 522 g/mol. The molecule has 0 spiro atoms. The van der Waals surface area contributed by atoms with Crippen molar-refractivity contribution >= 4 is 50.7 Å². The van der Waals surface area contributed by atoms with Gasteiger partial charge in [0.25, 0.3) is 10.0 Å². The first-order valence-electron chi connectivity index (χ1n) is 10.8. The largest absolute Gasteiger partial charge is 0.325 e. The van der Waals surface area contributed by atoms with Crippen LogP contribution in [0.25, 0.3) is 0 Å². The van der Waals surface area contributed by atoms with E-state index in [1.807, 2.05) is 42.5 Å². The lowest BCUT2D eigenvalue weighted by atomic mass is 10.2. The number of amides is 1. The Balaban J connectivity index is 1.46. The molecule has 4 rings (SSSR count). The van der Waals surface area contributed by atoms with Gasteiger partial charge in [0.2, 0.25) is 5.91 Å². The van der Waals surface area contributed by atoms with Crippen molar-refractivity contribution in [1.29, 1.82) is 0 Å². The van der Waals surface area contributed by atoms with E-state index >= 15 is 0 Å². The molecule has 0 aromatic heterocycles. The van der Waals surface area contributed by atoms with Crippen molar-refractivity contribution in [3.8, 4) is 0 Å². The molecule has 178 valence electrons. The van der Waals surface area contributed by atoms with E-state index in [9.17, 15) is 13.2 Å². The van der Waals surface area contributed by atoms with E-state index in [2.05, 4.69) is 17.4 Å². The summed E-state index contributed by atoms with van der Waals surface area (Å²) in [5, 5.41) is 3.27. The average Bonchev–Trinajstić information content (AvgIpc) is 2.88. The molecule has 0 fully saturated rings. The molecule has 0 aliphatic heterocycles. The molecule has 0 atom stereocenters. The van der Waals surface area contributed by atoms with Gasteiger partial charge in [0.1, 0.15) is 6.54 Å². The van der Waals surface area contributed by atoms with Crippen LogP contribution < -0.4 is 9.62 Å². The zero-order chi connectivity index (χ0) is 24.7. The van der Waals surface area contributed by atoms with Crippen molar-refractivity contribution in [3.63, 3.8) is 0 Å². The average molecular weight is 523 g/mol. The standard InChI is InChI=1S/C27H23ClN2O3S2/c28-22-13-17-24(18-14-22)30(35(32,33)26-9-5-2-6-10-26)19-27(31)29-23-15-11-21(12-16-23)20-34-25-7-3-1-4-8-25/h1-18H,19-20H2,(H,29,31). The van der Waals surface area contributed by atoms with E-state index in [1.54, 1.807) is 54.2 Å². The van der Waals surface area contributed by atoms with E-state index in [-0.39, 0.29) is 11.4 Å². The van der Waals surface area contributed by atoms with Crippen LogP contribution in [-0.2, 0) is 20.6 Å². The topological polar surface area (TPSA) is 66.5 Å². The minimum atomic E-state index is -3.97. The lowest BCUT2D eigenvalue weighted by Crippen LogP contribution is -2.38. The van der Waals surface area contributed by atoms with Gasteiger partial charge < -0.3 is 5.32 Å². The predicted molar refractivity (Wildman–Crippen MR) is 144 cm³/mol. The summed E-state index contributed by atoms with van der Waals surface area (Å²) in [6, 6.07) is 32.0. The number of nitrogens with one attached hydrogen (secondary N) is 1. The maximum absolute atomic E-state index is 13.3. The third-order valence-corrected chi connectivity index (χ3v) is 8.24. The summed E-state index contributed by atoms with van der Waals surface area (Å²) in [6.07, 6.45) is 0. The molecule has 4 aromatic carbocycles. The SMILES string of the molecule is O=C(CN(c1ccc(Cl)cc1)S(=O)(=O)c1ccccc1)Nc1ccc(CSc2ccccc2)cc1. The van der Waals surface area contributed by atoms with Gasteiger partial charge in [-0.3, -0.25) is 9.10 Å². The van der Waals surface area contributed by atoms with Gasteiger partial charge >= 0.3 is 0 Å². The van der Waals surface area contributed by atoms with Gasteiger partial charge in [0.05, 0.1) is 10.6 Å². The first-order chi connectivity index (χ1) is 16.9. The van der Waals surface area contributed by atoms with Crippen LogP contribution in [0.5, 0.6) is 0 Å². The fraction of sp³-hybridized carbons (Fsp3) is 0.0741. The van der Waals surface area contributed by atoms with Gasteiger partial charge in [0.15, 0.2) is 0 Å². The van der Waals surface area contributed by atoms with E-state index in [0.29, 0.717) is 16.4 Å². The van der Waals surface area contributed by atoms with Crippen LogP contribution in [0.2, 0.25) is 5.02 Å². The van der Waals surface area contributed by atoms with Crippen LogP contribution in [0, 0.1) is 0 Å². The summed E-state index contributed by atoms with van der Waals surface area (Å²) in [5.41, 5.74) is 2.06. The lowest BCUT2D eigenvalue weighted by molar-refractivity contribution is -0.114. The van der Waals surface area contributed by atoms with Crippen LogP contribution in [0.3, 0.4) is 0 Å². The van der Waals surface area contributed by atoms with Crippen LogP contribution in [-0.4, -0.2) is 20.9 Å². The molecule has 35 heavy (non-hydrogen) atoms. The molecular weight excluding hydrogens is 500 g/mol. The molecule has 0 unspecified atom stereocenters. The number of sulfonamides is 1. The number of thioether (sulfide) groups is 1. The number of carbonyl (C=O) groups excluding carboxylic acids is 1. The van der Waals surface area contributed by atoms with E-state index in [0.717, 1.165) is 15.6 Å². The number of benzene rings is 4.